The van der Waals surface area contributed by atoms with Crippen molar-refractivity contribution in [2.24, 2.45) is 0 Å². The van der Waals surface area contributed by atoms with Gasteiger partial charge in [0.05, 0.1) is 16.5 Å². The summed E-state index contributed by atoms with van der Waals surface area (Å²) in [6.07, 6.45) is 1.18. The number of hydrogen-bond donors (Lipinski definition) is 2. The molecule has 0 amide bonds. The Balaban J connectivity index is 2.19. The first-order chi connectivity index (χ1) is 8.34. The molecule has 1 aromatic rings. The third kappa shape index (κ3) is 2.67. The average Bonchev–Trinajstić information content (AvgIpc) is 2.33. The first-order valence-electron chi connectivity index (χ1n) is 6.04. The van der Waals surface area contributed by atoms with Gasteiger partial charge < -0.3 is 5.11 Å². The Morgan fingerprint density at radius 2 is 1.94 bits per heavy atom. The van der Waals surface area contributed by atoms with Crippen molar-refractivity contribution in [1.82, 2.24) is 4.98 Å². The number of rotatable bonds is 2. The Morgan fingerprint density at radius 3 is 2.50 bits per heavy atom. The number of aliphatic hydroxyl groups is 1. The summed E-state index contributed by atoms with van der Waals surface area (Å²) < 4.78 is 26.3. The Morgan fingerprint density at radius 1 is 1.33 bits per heavy atom. The molecular weight excluding hydrogens is 256 g/mol. The van der Waals surface area contributed by atoms with Crippen molar-refractivity contribution >= 4 is 12.6 Å². The van der Waals surface area contributed by atoms with Crippen molar-refractivity contribution in [3.63, 3.8) is 0 Å². The largest absolute Gasteiger partial charge is 0.388 e. The number of nitrogens with zero attached hydrogens (tertiary/aromatic N) is 1. The van der Waals surface area contributed by atoms with E-state index in [0.29, 0.717) is 5.69 Å². The average molecular weight is 273 g/mol. The number of halogens is 2. The zero-order valence-corrected chi connectivity index (χ0v) is 11.1. The maximum atomic E-state index is 13.1. The first kappa shape index (κ1) is 13.7. The number of aromatic nitrogens is 1. The van der Waals surface area contributed by atoms with Gasteiger partial charge in [-0.3, -0.25) is 4.98 Å². The summed E-state index contributed by atoms with van der Waals surface area (Å²) in [5.74, 6) is -2.65. The van der Waals surface area contributed by atoms with Crippen LogP contribution in [0.3, 0.4) is 0 Å². The molecule has 1 saturated carbocycles. The van der Waals surface area contributed by atoms with E-state index in [0.717, 1.165) is 5.56 Å². The molecule has 0 aromatic carbocycles. The van der Waals surface area contributed by atoms with Gasteiger partial charge in [-0.1, -0.05) is 6.07 Å². The number of pyridine rings is 1. The summed E-state index contributed by atoms with van der Waals surface area (Å²) in [6.45, 7) is 1.88. The second kappa shape index (κ2) is 4.78. The molecule has 0 aliphatic heterocycles. The third-order valence-electron chi connectivity index (χ3n) is 3.67. The van der Waals surface area contributed by atoms with Crippen LogP contribution in [-0.4, -0.2) is 21.6 Å². The van der Waals surface area contributed by atoms with E-state index in [4.69, 9.17) is 0 Å². The number of aryl methyl sites for hydroxylation is 1. The van der Waals surface area contributed by atoms with Crippen LogP contribution < -0.4 is 0 Å². The fourth-order valence-electron chi connectivity index (χ4n) is 2.36. The predicted octanol–water partition coefficient (Wildman–Crippen LogP) is 3.30. The predicted molar refractivity (Wildman–Crippen MR) is 69.1 cm³/mol. The van der Waals surface area contributed by atoms with Gasteiger partial charge in [-0.25, -0.2) is 8.78 Å². The summed E-state index contributed by atoms with van der Waals surface area (Å²) in [5.41, 5.74) is 0.404. The minimum absolute atomic E-state index is 0.0597. The van der Waals surface area contributed by atoms with Crippen molar-refractivity contribution < 1.29 is 13.9 Å². The number of thiol groups is 1. The summed E-state index contributed by atoms with van der Waals surface area (Å²) in [4.78, 5) is 4.21. The van der Waals surface area contributed by atoms with Crippen LogP contribution in [0.2, 0.25) is 0 Å². The highest BCUT2D eigenvalue weighted by atomic mass is 32.1. The standard InChI is InChI=1S/C13H17F2NOS/c1-9-3-2-8-16-10(9)11(18)12(17)4-6-13(14,15)7-5-12/h2-3,8,11,17-18H,4-7H2,1H3. The molecule has 1 aliphatic carbocycles. The van der Waals surface area contributed by atoms with Gasteiger partial charge in [0, 0.05) is 19.0 Å². The highest BCUT2D eigenvalue weighted by molar-refractivity contribution is 7.80. The van der Waals surface area contributed by atoms with Gasteiger partial charge in [-0.05, 0) is 31.4 Å². The van der Waals surface area contributed by atoms with Gasteiger partial charge in [-0.2, -0.15) is 12.6 Å². The topological polar surface area (TPSA) is 33.1 Å². The van der Waals surface area contributed by atoms with Gasteiger partial charge in [0.1, 0.15) is 0 Å². The molecule has 1 unspecified atom stereocenters. The first-order valence-corrected chi connectivity index (χ1v) is 6.55. The molecule has 1 atom stereocenters. The molecule has 1 heterocycles. The molecule has 5 heteroatoms. The number of alkyl halides is 2. The van der Waals surface area contributed by atoms with Gasteiger partial charge in [0.2, 0.25) is 5.92 Å². The van der Waals surface area contributed by atoms with Gasteiger partial charge >= 0.3 is 0 Å². The molecule has 0 saturated heterocycles. The minimum Gasteiger partial charge on any atom is -0.388 e. The van der Waals surface area contributed by atoms with E-state index in [9.17, 15) is 13.9 Å². The van der Waals surface area contributed by atoms with Crippen LogP contribution in [0.5, 0.6) is 0 Å². The van der Waals surface area contributed by atoms with E-state index in [1.54, 1.807) is 12.3 Å². The van der Waals surface area contributed by atoms with Crippen molar-refractivity contribution in [3.05, 3.63) is 29.6 Å². The van der Waals surface area contributed by atoms with Crippen molar-refractivity contribution in [2.75, 3.05) is 0 Å². The summed E-state index contributed by atoms with van der Waals surface area (Å²) in [6, 6.07) is 3.69. The molecule has 2 rings (SSSR count). The molecular formula is C13H17F2NOS. The summed E-state index contributed by atoms with van der Waals surface area (Å²) in [5, 5.41) is 9.98. The molecule has 1 aliphatic rings. The van der Waals surface area contributed by atoms with E-state index < -0.39 is 16.8 Å². The second-order valence-corrected chi connectivity index (χ2v) is 5.58. The van der Waals surface area contributed by atoms with Crippen LogP contribution in [0.4, 0.5) is 8.78 Å². The Bertz CT molecular complexity index is 429. The molecule has 0 bridgehead atoms. The van der Waals surface area contributed by atoms with E-state index in [-0.39, 0.29) is 25.7 Å². The quantitative estimate of drug-likeness (QED) is 0.811. The molecule has 0 spiro atoms. The normalized spacial score (nSPS) is 23.6. The van der Waals surface area contributed by atoms with E-state index in [1.807, 2.05) is 13.0 Å². The Kier molecular flexibility index (Phi) is 3.65. The lowest BCUT2D eigenvalue weighted by molar-refractivity contribution is -0.104. The second-order valence-electron chi connectivity index (χ2n) is 5.07. The summed E-state index contributed by atoms with van der Waals surface area (Å²) >= 11 is 4.42. The van der Waals surface area contributed by atoms with Crippen molar-refractivity contribution in [2.45, 2.75) is 49.4 Å². The number of hydrogen-bond acceptors (Lipinski definition) is 3. The zero-order chi connectivity index (χ0) is 13.4. The molecule has 2 nitrogen and oxygen atoms in total. The lowest BCUT2D eigenvalue weighted by atomic mass is 9.79. The Hall–Kier alpha value is -0.680. The van der Waals surface area contributed by atoms with Gasteiger partial charge in [0.15, 0.2) is 0 Å². The van der Waals surface area contributed by atoms with Crippen molar-refractivity contribution in [1.29, 1.82) is 0 Å². The molecule has 1 N–H and O–H groups in total. The van der Waals surface area contributed by atoms with Crippen LogP contribution in [0.1, 0.15) is 42.2 Å². The maximum Gasteiger partial charge on any atom is 0.248 e. The maximum absolute atomic E-state index is 13.1. The van der Waals surface area contributed by atoms with Crippen molar-refractivity contribution in [3.8, 4) is 0 Å². The minimum atomic E-state index is -2.65. The smallest absolute Gasteiger partial charge is 0.248 e. The third-order valence-corrected chi connectivity index (χ3v) is 4.39. The van der Waals surface area contributed by atoms with Crippen LogP contribution in [0.15, 0.2) is 18.3 Å². The lowest BCUT2D eigenvalue weighted by Gasteiger charge is -2.39. The van der Waals surface area contributed by atoms with Crippen LogP contribution >= 0.6 is 12.6 Å². The molecule has 18 heavy (non-hydrogen) atoms. The fraction of sp³-hybridized carbons (Fsp3) is 0.615. The van der Waals surface area contributed by atoms with E-state index in [2.05, 4.69) is 17.6 Å². The Labute approximate surface area is 111 Å². The summed E-state index contributed by atoms with van der Waals surface area (Å²) in [7, 11) is 0. The monoisotopic (exact) mass is 273 g/mol. The molecule has 1 aromatic heterocycles. The van der Waals surface area contributed by atoms with Crippen LogP contribution in [0, 0.1) is 6.92 Å². The van der Waals surface area contributed by atoms with Gasteiger partial charge in [-0.15, -0.1) is 0 Å². The van der Waals surface area contributed by atoms with Crippen LogP contribution in [-0.2, 0) is 0 Å². The fourth-order valence-corrected chi connectivity index (χ4v) is 2.89. The highest BCUT2D eigenvalue weighted by Gasteiger charge is 2.46. The molecule has 0 radical (unpaired) electrons. The van der Waals surface area contributed by atoms with Crippen LogP contribution in [0.25, 0.3) is 0 Å². The lowest BCUT2D eigenvalue weighted by Crippen LogP contribution is -2.42. The van der Waals surface area contributed by atoms with E-state index >= 15 is 0 Å². The highest BCUT2D eigenvalue weighted by Crippen LogP contribution is 2.46. The van der Waals surface area contributed by atoms with E-state index in [1.165, 1.54) is 0 Å². The SMILES string of the molecule is Cc1cccnc1C(S)C1(O)CCC(F)(F)CC1. The molecule has 1 fully saturated rings. The zero-order valence-electron chi connectivity index (χ0n) is 10.2. The molecule has 100 valence electrons. The van der Waals surface area contributed by atoms with Gasteiger partial charge in [0.25, 0.3) is 0 Å².